The van der Waals surface area contributed by atoms with E-state index in [1.165, 1.54) is 35.3 Å². The summed E-state index contributed by atoms with van der Waals surface area (Å²) in [5.41, 5.74) is 0.727. The lowest BCUT2D eigenvalue weighted by molar-refractivity contribution is 0.0992. The third-order valence-corrected chi connectivity index (χ3v) is 4.50. The summed E-state index contributed by atoms with van der Waals surface area (Å²) in [7, 11) is 0. The summed E-state index contributed by atoms with van der Waals surface area (Å²) in [6, 6.07) is 8.82. The summed E-state index contributed by atoms with van der Waals surface area (Å²) in [6.07, 6.45) is 2.84. The number of halogens is 5. The predicted octanol–water partition coefficient (Wildman–Crippen LogP) is 5.05. The summed E-state index contributed by atoms with van der Waals surface area (Å²) < 4.78 is 79.0. The third kappa shape index (κ3) is 4.86. The molecule has 4 rings (SSSR count). The largest absolute Gasteiger partial charge is 0.479 e. The van der Waals surface area contributed by atoms with E-state index in [-0.39, 0.29) is 29.9 Å². The minimum atomic E-state index is -1.69. The van der Waals surface area contributed by atoms with Crippen LogP contribution in [0.25, 0.3) is 0 Å². The number of furan rings is 1. The highest BCUT2D eigenvalue weighted by atomic mass is 19.2. The summed E-state index contributed by atoms with van der Waals surface area (Å²) in [6.45, 7) is -0.441. The molecule has 0 atom stereocenters. The molecule has 2 aromatic heterocycles. The number of hydrogen-bond donors (Lipinski definition) is 1. The van der Waals surface area contributed by atoms with Crippen molar-refractivity contribution < 1.29 is 35.9 Å². The van der Waals surface area contributed by atoms with Crippen molar-refractivity contribution in [2.75, 3.05) is 5.32 Å². The summed E-state index contributed by atoms with van der Waals surface area (Å²) in [5, 5.41) is 6.58. The minimum Gasteiger partial charge on any atom is -0.479 e. The second kappa shape index (κ2) is 9.15. The Labute approximate surface area is 183 Å². The zero-order chi connectivity index (χ0) is 23.5. The van der Waals surface area contributed by atoms with Gasteiger partial charge >= 0.3 is 0 Å². The fraction of sp³-hybridized carbons (Fsp3) is 0.0909. The first kappa shape index (κ1) is 22.1. The maximum Gasteiger partial charge on any atom is 0.291 e. The number of rotatable bonds is 7. The maximum absolute atomic E-state index is 13.8. The fourth-order valence-electron chi connectivity index (χ4n) is 2.91. The van der Waals surface area contributed by atoms with Gasteiger partial charge in [-0.2, -0.15) is 13.9 Å². The number of amides is 1. The van der Waals surface area contributed by atoms with Crippen LogP contribution in [-0.2, 0) is 13.2 Å². The average molecular weight is 463 g/mol. The van der Waals surface area contributed by atoms with Gasteiger partial charge in [0.15, 0.2) is 23.1 Å². The molecule has 0 spiro atoms. The molecule has 6 nitrogen and oxygen atoms in total. The van der Waals surface area contributed by atoms with Crippen LogP contribution in [-0.4, -0.2) is 15.7 Å². The lowest BCUT2D eigenvalue weighted by Crippen LogP contribution is -2.10. The first-order chi connectivity index (χ1) is 15.8. The van der Waals surface area contributed by atoms with E-state index in [0.717, 1.165) is 0 Å². The molecule has 0 saturated carbocycles. The van der Waals surface area contributed by atoms with Crippen molar-refractivity contribution in [3.05, 3.63) is 101 Å². The SMILES string of the molecule is O=C(Nc1cnn(Cc2ccccc2F)c1)c1ccc(COc2c(F)c(F)cc(F)c2F)o1. The molecule has 2 aromatic carbocycles. The van der Waals surface area contributed by atoms with E-state index in [2.05, 4.69) is 10.4 Å². The average Bonchev–Trinajstić information content (AvgIpc) is 3.44. The van der Waals surface area contributed by atoms with E-state index in [4.69, 9.17) is 9.15 Å². The Hall–Kier alpha value is -4.15. The molecule has 0 saturated heterocycles. The van der Waals surface area contributed by atoms with Crippen LogP contribution in [0.5, 0.6) is 5.75 Å². The molecule has 0 radical (unpaired) electrons. The van der Waals surface area contributed by atoms with Crippen LogP contribution in [0.2, 0.25) is 0 Å². The quantitative estimate of drug-likeness (QED) is 0.308. The smallest absolute Gasteiger partial charge is 0.291 e. The monoisotopic (exact) mass is 463 g/mol. The van der Waals surface area contributed by atoms with Gasteiger partial charge in [-0.25, -0.2) is 13.2 Å². The zero-order valence-electron chi connectivity index (χ0n) is 16.6. The number of anilines is 1. The predicted molar refractivity (Wildman–Crippen MR) is 105 cm³/mol. The molecule has 0 aliphatic rings. The van der Waals surface area contributed by atoms with Crippen molar-refractivity contribution >= 4 is 11.6 Å². The molecule has 4 aromatic rings. The molecule has 170 valence electrons. The highest BCUT2D eigenvalue weighted by Crippen LogP contribution is 2.27. The van der Waals surface area contributed by atoms with E-state index < -0.39 is 41.5 Å². The molecule has 0 fully saturated rings. The Bertz CT molecular complexity index is 1290. The summed E-state index contributed by atoms with van der Waals surface area (Å²) in [4.78, 5) is 12.4. The van der Waals surface area contributed by atoms with Gasteiger partial charge in [0.25, 0.3) is 5.91 Å². The van der Waals surface area contributed by atoms with Gasteiger partial charge in [-0.05, 0) is 18.2 Å². The minimum absolute atomic E-state index is 0.0288. The van der Waals surface area contributed by atoms with Crippen molar-refractivity contribution in [3.63, 3.8) is 0 Å². The van der Waals surface area contributed by atoms with Crippen LogP contribution in [0.3, 0.4) is 0 Å². The molecule has 0 unspecified atom stereocenters. The second-order valence-corrected chi connectivity index (χ2v) is 6.82. The van der Waals surface area contributed by atoms with Crippen molar-refractivity contribution in [3.8, 4) is 5.75 Å². The van der Waals surface area contributed by atoms with Gasteiger partial charge in [0.2, 0.25) is 11.6 Å². The van der Waals surface area contributed by atoms with Gasteiger partial charge in [-0.15, -0.1) is 0 Å². The van der Waals surface area contributed by atoms with Crippen molar-refractivity contribution in [1.82, 2.24) is 9.78 Å². The number of carbonyl (C=O) groups excluding carboxylic acids is 1. The van der Waals surface area contributed by atoms with Gasteiger partial charge in [0.05, 0.1) is 18.4 Å². The first-order valence-electron chi connectivity index (χ1n) is 9.43. The van der Waals surface area contributed by atoms with Crippen LogP contribution in [0.1, 0.15) is 21.9 Å². The third-order valence-electron chi connectivity index (χ3n) is 4.50. The van der Waals surface area contributed by atoms with Crippen molar-refractivity contribution in [1.29, 1.82) is 0 Å². The van der Waals surface area contributed by atoms with E-state index in [1.54, 1.807) is 18.2 Å². The maximum atomic E-state index is 13.8. The van der Waals surface area contributed by atoms with E-state index in [9.17, 15) is 26.7 Å². The van der Waals surface area contributed by atoms with E-state index in [1.807, 2.05) is 0 Å². The van der Waals surface area contributed by atoms with Crippen LogP contribution >= 0.6 is 0 Å². The van der Waals surface area contributed by atoms with E-state index >= 15 is 0 Å². The number of nitrogens with one attached hydrogen (secondary N) is 1. The zero-order valence-corrected chi connectivity index (χ0v) is 16.6. The number of nitrogens with zero attached hydrogens (tertiary/aromatic N) is 2. The van der Waals surface area contributed by atoms with Gasteiger partial charge < -0.3 is 14.5 Å². The highest BCUT2D eigenvalue weighted by Gasteiger charge is 2.21. The first-order valence-corrected chi connectivity index (χ1v) is 9.43. The topological polar surface area (TPSA) is 69.3 Å². The highest BCUT2D eigenvalue weighted by molar-refractivity contribution is 6.02. The van der Waals surface area contributed by atoms with E-state index in [0.29, 0.717) is 11.3 Å². The molecule has 1 N–H and O–H groups in total. The number of aromatic nitrogens is 2. The molecule has 1 amide bonds. The second-order valence-electron chi connectivity index (χ2n) is 6.82. The van der Waals surface area contributed by atoms with Crippen LogP contribution < -0.4 is 10.1 Å². The Morgan fingerprint density at radius 2 is 1.73 bits per heavy atom. The Balaban J connectivity index is 1.38. The van der Waals surface area contributed by atoms with Crippen molar-refractivity contribution in [2.24, 2.45) is 0 Å². The number of carbonyl (C=O) groups is 1. The van der Waals surface area contributed by atoms with Crippen LogP contribution in [0, 0.1) is 29.1 Å². The molecule has 0 bridgehead atoms. The van der Waals surface area contributed by atoms with Crippen LogP contribution in [0.15, 0.2) is 59.3 Å². The Morgan fingerprint density at radius 1 is 1.00 bits per heavy atom. The Morgan fingerprint density at radius 3 is 2.45 bits per heavy atom. The van der Waals surface area contributed by atoms with Gasteiger partial charge in [0.1, 0.15) is 18.2 Å². The van der Waals surface area contributed by atoms with Crippen molar-refractivity contribution in [2.45, 2.75) is 13.2 Å². The summed E-state index contributed by atoms with van der Waals surface area (Å²) >= 11 is 0. The molecule has 11 heteroatoms. The molecular formula is C22H14F5N3O3. The normalized spacial score (nSPS) is 10.9. The molecule has 33 heavy (non-hydrogen) atoms. The standard InChI is InChI=1S/C22H14F5N3O3/c23-15-4-2-1-3-12(15)9-30-10-13(8-28-30)29-22(31)18-6-5-14(33-18)11-32-21-19(26)16(24)7-17(25)20(21)27/h1-8,10H,9,11H2,(H,29,31). The molecule has 0 aliphatic carbocycles. The lowest BCUT2D eigenvalue weighted by Gasteiger charge is -2.08. The van der Waals surface area contributed by atoms with Gasteiger partial charge in [-0.1, -0.05) is 18.2 Å². The number of hydrogen-bond acceptors (Lipinski definition) is 4. The molecule has 2 heterocycles. The lowest BCUT2D eigenvalue weighted by atomic mass is 10.2. The van der Waals surface area contributed by atoms with Gasteiger partial charge in [-0.3, -0.25) is 9.48 Å². The summed E-state index contributed by atoms with van der Waals surface area (Å²) in [5.74, 6) is -9.09. The Kier molecular flexibility index (Phi) is 6.11. The number of ether oxygens (including phenoxy) is 1. The molecule has 0 aliphatic heterocycles. The van der Waals surface area contributed by atoms with Gasteiger partial charge in [0, 0.05) is 17.8 Å². The molecular weight excluding hydrogens is 449 g/mol. The number of benzene rings is 2. The fourth-order valence-corrected chi connectivity index (χ4v) is 2.91. The van der Waals surface area contributed by atoms with Crippen LogP contribution in [0.4, 0.5) is 27.6 Å².